The zero-order valence-corrected chi connectivity index (χ0v) is 15.2. The Morgan fingerprint density at radius 2 is 1.90 bits per heavy atom. The Morgan fingerprint density at radius 3 is 2.48 bits per heavy atom. The molecule has 0 aliphatic carbocycles. The molecule has 112 valence electrons. The van der Waals surface area contributed by atoms with E-state index < -0.39 is 18.3 Å². The van der Waals surface area contributed by atoms with E-state index in [1.165, 1.54) is 21.4 Å². The summed E-state index contributed by atoms with van der Waals surface area (Å²) >= 11 is 2.16. The van der Waals surface area contributed by atoms with Crippen molar-refractivity contribution in [2.24, 2.45) is 0 Å². The van der Waals surface area contributed by atoms with Gasteiger partial charge < -0.3 is 9.31 Å². The van der Waals surface area contributed by atoms with Crippen LogP contribution in [0.5, 0.6) is 0 Å². The number of hydrogen-bond donors (Lipinski definition) is 0. The van der Waals surface area contributed by atoms with E-state index in [0.29, 0.717) is 5.65 Å². The van der Waals surface area contributed by atoms with Gasteiger partial charge in [-0.2, -0.15) is 0 Å². The van der Waals surface area contributed by atoms with Crippen LogP contribution < -0.4 is 5.46 Å². The van der Waals surface area contributed by atoms with Gasteiger partial charge in [0.1, 0.15) is 11.5 Å². The minimum atomic E-state index is -0.522. The molecule has 0 unspecified atom stereocenters. The molecule has 1 saturated heterocycles. The molecule has 0 spiro atoms. The average molecular weight is 420 g/mol. The smallest absolute Gasteiger partial charge is 0.399 e. The van der Waals surface area contributed by atoms with Crippen molar-refractivity contribution >= 4 is 53.9 Å². The molecule has 1 aliphatic rings. The molecule has 0 atom stereocenters. The Balaban J connectivity index is 2.12. The van der Waals surface area contributed by atoms with Crippen molar-refractivity contribution in [1.82, 2.24) is 8.96 Å². The van der Waals surface area contributed by atoms with E-state index in [1.807, 2.05) is 37.9 Å². The molecule has 0 bridgehead atoms. The lowest BCUT2D eigenvalue weighted by atomic mass is 9.79. The van der Waals surface area contributed by atoms with E-state index in [-0.39, 0.29) is 5.82 Å². The van der Waals surface area contributed by atoms with Gasteiger partial charge in [0.2, 0.25) is 0 Å². The Bertz CT molecular complexity index is 691. The maximum absolute atomic E-state index is 13.6. The summed E-state index contributed by atoms with van der Waals surface area (Å²) < 4.78 is 27.6. The number of fused-ring (bicyclic) bond motifs is 1. The summed E-state index contributed by atoms with van der Waals surface area (Å²) in [5.41, 5.74) is 0.662. The summed E-state index contributed by atoms with van der Waals surface area (Å²) in [5, 5.41) is 0.720. The molecular weight excluding hydrogens is 405 g/mol. The van der Waals surface area contributed by atoms with Gasteiger partial charge in [-0.05, 0) is 33.8 Å². The maximum atomic E-state index is 13.6. The van der Waals surface area contributed by atoms with E-state index in [9.17, 15) is 4.39 Å². The minimum absolute atomic E-state index is 0.364. The highest BCUT2D eigenvalue weighted by molar-refractivity contribution is 14.2. The third-order valence-corrected chi connectivity index (χ3v) is 5.89. The topological polar surface area (TPSA) is 36.3 Å². The molecule has 3 heterocycles. The summed E-state index contributed by atoms with van der Waals surface area (Å²) in [4.78, 5) is 4.17. The highest BCUT2D eigenvalue weighted by Crippen LogP contribution is 2.37. The molecule has 21 heavy (non-hydrogen) atoms. The largest absolute Gasteiger partial charge is 0.497 e. The minimum Gasteiger partial charge on any atom is -0.399 e. The molecule has 2 aromatic rings. The van der Waals surface area contributed by atoms with Gasteiger partial charge in [0.05, 0.1) is 17.4 Å². The highest BCUT2D eigenvalue weighted by atomic mass is 127. The van der Waals surface area contributed by atoms with Crippen molar-refractivity contribution in [3.05, 3.63) is 24.3 Å². The van der Waals surface area contributed by atoms with Crippen LogP contribution in [0.3, 0.4) is 0 Å². The zero-order valence-electron chi connectivity index (χ0n) is 12.2. The van der Waals surface area contributed by atoms with Crippen LogP contribution in [0.25, 0.3) is 11.0 Å². The van der Waals surface area contributed by atoms with Crippen LogP contribution in [0.15, 0.2) is 18.5 Å². The first-order valence-electron chi connectivity index (χ1n) is 6.56. The number of nitrogens with zero attached hydrogens (tertiary/aromatic N) is 2. The van der Waals surface area contributed by atoms with E-state index in [1.54, 1.807) is 0 Å². The van der Waals surface area contributed by atoms with Gasteiger partial charge in [-0.1, -0.05) is 0 Å². The van der Waals surface area contributed by atoms with E-state index in [4.69, 9.17) is 9.31 Å². The van der Waals surface area contributed by atoms with Crippen molar-refractivity contribution in [2.45, 2.75) is 38.9 Å². The molecule has 0 amide bonds. The van der Waals surface area contributed by atoms with Crippen LogP contribution in [0, 0.1) is 5.82 Å². The van der Waals surface area contributed by atoms with Crippen molar-refractivity contribution in [3.8, 4) is 0 Å². The quantitative estimate of drug-likeness (QED) is 0.552. The molecule has 0 radical (unpaired) electrons. The normalized spacial score (nSPS) is 20.4. The fraction of sp³-hybridized carbons (Fsp3) is 0.462. The van der Waals surface area contributed by atoms with Crippen molar-refractivity contribution in [3.63, 3.8) is 0 Å². The Labute approximate surface area is 139 Å². The second-order valence-electron chi connectivity index (χ2n) is 6.09. The lowest BCUT2D eigenvalue weighted by Crippen LogP contribution is -2.41. The first-order valence-corrected chi connectivity index (χ1v) is 9.88. The molecule has 1 fully saturated rings. The molecule has 8 heteroatoms. The maximum Gasteiger partial charge on any atom is 0.497 e. The number of hydrogen-bond acceptors (Lipinski definition) is 4. The highest BCUT2D eigenvalue weighted by Gasteiger charge is 2.52. The predicted octanol–water partition coefficient (Wildman–Crippen LogP) is 3.32. The third-order valence-electron chi connectivity index (χ3n) is 4.19. The predicted molar refractivity (Wildman–Crippen MR) is 92.4 cm³/mol. The second kappa shape index (κ2) is 5.11. The monoisotopic (exact) mass is 420 g/mol. The summed E-state index contributed by atoms with van der Waals surface area (Å²) in [6, 6.07) is 1.48. The van der Waals surface area contributed by atoms with Crippen LogP contribution in [-0.2, 0) is 9.31 Å². The molecule has 0 N–H and O–H groups in total. The number of pyridine rings is 1. The summed E-state index contributed by atoms with van der Waals surface area (Å²) in [5.74, 6) is -0.364. The molecule has 0 saturated carbocycles. The fourth-order valence-corrected chi connectivity index (χ4v) is 3.55. The third kappa shape index (κ3) is 2.49. The summed E-state index contributed by atoms with van der Waals surface area (Å²) in [6.45, 7) is 7.99. The molecular formula is C13H15BFIN2O2S. The molecule has 3 rings (SSSR count). The Hall–Kier alpha value is -0.315. The Morgan fingerprint density at radius 1 is 1.29 bits per heavy atom. The molecule has 1 aliphatic heterocycles. The Kier molecular flexibility index (Phi) is 3.79. The first-order chi connectivity index (χ1) is 9.75. The van der Waals surface area contributed by atoms with E-state index >= 15 is 0 Å². The number of rotatable bonds is 2. The van der Waals surface area contributed by atoms with Crippen molar-refractivity contribution in [2.75, 3.05) is 0 Å². The number of halogens is 2. The van der Waals surface area contributed by atoms with E-state index in [2.05, 4.69) is 26.2 Å². The second-order valence-corrected chi connectivity index (χ2v) is 7.81. The summed E-state index contributed by atoms with van der Waals surface area (Å²) in [6.07, 6.45) is 3.12. The van der Waals surface area contributed by atoms with Crippen molar-refractivity contribution < 1.29 is 13.7 Å². The number of aromatic nitrogens is 2. The van der Waals surface area contributed by atoms with Gasteiger partial charge in [-0.15, -0.1) is 0 Å². The molecule has 2 aromatic heterocycles. The van der Waals surface area contributed by atoms with Gasteiger partial charge in [-0.3, -0.25) is 3.97 Å². The SMILES string of the molecule is CC1(C)OB(c2cn(SI)c3ncc(F)cc23)OC1(C)C. The van der Waals surface area contributed by atoms with E-state index in [0.717, 1.165) is 10.8 Å². The fourth-order valence-electron chi connectivity index (χ4n) is 2.29. The van der Waals surface area contributed by atoms with Crippen LogP contribution in [-0.4, -0.2) is 27.3 Å². The van der Waals surface area contributed by atoms with Crippen LogP contribution in [0.1, 0.15) is 27.7 Å². The van der Waals surface area contributed by atoms with Crippen LogP contribution >= 0.6 is 30.3 Å². The van der Waals surface area contributed by atoms with Gasteiger partial charge >= 0.3 is 7.12 Å². The van der Waals surface area contributed by atoms with Gasteiger partial charge in [-0.25, -0.2) is 9.37 Å². The van der Waals surface area contributed by atoms with Gasteiger partial charge in [0, 0.05) is 47.4 Å². The summed E-state index contributed by atoms with van der Waals surface area (Å²) in [7, 11) is 0.952. The molecule has 0 aromatic carbocycles. The lowest BCUT2D eigenvalue weighted by Gasteiger charge is -2.32. The molecule has 4 nitrogen and oxygen atoms in total. The van der Waals surface area contributed by atoms with Crippen molar-refractivity contribution in [1.29, 1.82) is 0 Å². The van der Waals surface area contributed by atoms with Gasteiger partial charge in [0.15, 0.2) is 0 Å². The van der Waals surface area contributed by atoms with Gasteiger partial charge in [0.25, 0.3) is 0 Å². The first kappa shape index (κ1) is 15.6. The van der Waals surface area contributed by atoms with Crippen LogP contribution in [0.4, 0.5) is 4.39 Å². The van der Waals surface area contributed by atoms with Crippen LogP contribution in [0.2, 0.25) is 0 Å². The standard InChI is InChI=1S/C13H15BFIN2O2S/c1-12(2)13(3,4)20-14(19-12)10-7-18(21-16)11-9(10)5-8(15)6-17-11/h5-7H,1-4H3. The zero-order chi connectivity index (χ0) is 15.4. The lowest BCUT2D eigenvalue weighted by molar-refractivity contribution is 0.00578. The average Bonchev–Trinajstić information content (AvgIpc) is 2.84.